The minimum absolute atomic E-state index is 0. The molecule has 1 aromatic carbocycles. The summed E-state index contributed by atoms with van der Waals surface area (Å²) < 4.78 is 11.3. The lowest BCUT2D eigenvalue weighted by Gasteiger charge is -2.29. The number of hydrogen-bond donors (Lipinski definition) is 0. The van der Waals surface area contributed by atoms with E-state index in [2.05, 4.69) is 28.2 Å². The summed E-state index contributed by atoms with van der Waals surface area (Å²) in [7, 11) is 3.98. The highest BCUT2D eigenvalue weighted by molar-refractivity contribution is 7.57. The highest BCUT2D eigenvalue weighted by Crippen LogP contribution is 2.20. The highest BCUT2D eigenvalue weighted by Gasteiger charge is 1.92. The first-order valence-corrected chi connectivity index (χ1v) is 6.01. The Bertz CT molecular complexity index is 326. The van der Waals surface area contributed by atoms with Gasteiger partial charge in [0.05, 0.1) is 28.2 Å². The Morgan fingerprint density at radius 1 is 1.07 bits per heavy atom. The van der Waals surface area contributed by atoms with Gasteiger partial charge in [0.1, 0.15) is 0 Å². The third kappa shape index (κ3) is 9.63. The lowest BCUT2D eigenvalue weighted by molar-refractivity contribution is -0.849. The van der Waals surface area contributed by atoms with Gasteiger partial charge in [0.25, 0.3) is 0 Å². The molecule has 0 N–H and O–H groups in total. The van der Waals surface area contributed by atoms with Gasteiger partial charge in [0.2, 0.25) is 0 Å². The van der Waals surface area contributed by atoms with Crippen molar-refractivity contribution in [3.8, 4) is 0 Å². The van der Waals surface area contributed by atoms with Crippen LogP contribution in [-0.4, -0.2) is 32.7 Å². The largest absolute Gasteiger partial charge is 1.00 e. The predicted molar refractivity (Wildman–Crippen MR) is 58.8 cm³/mol. The summed E-state index contributed by atoms with van der Waals surface area (Å²) in [6.45, 7) is 0. The van der Waals surface area contributed by atoms with Crippen molar-refractivity contribution in [1.29, 1.82) is 0 Å². The number of nitrogens with zero attached hydrogens (tertiary/aromatic N) is 1. The fourth-order valence-corrected chi connectivity index (χ4v) is 1.15. The topological polar surface area (TPSA) is 63.2 Å². The SMILES string of the molecule is C[N+](C)(C)C.O=P([O-])([O-])c1ccccc1.[H+]. The summed E-state index contributed by atoms with van der Waals surface area (Å²) in [5.41, 5.74) is 0. The summed E-state index contributed by atoms with van der Waals surface area (Å²) >= 11 is 0. The Hall–Kier alpha value is -0.670. The van der Waals surface area contributed by atoms with E-state index in [0.29, 0.717) is 0 Å². The average Bonchev–Trinajstić information content (AvgIpc) is 2.01. The molecule has 0 saturated heterocycles. The van der Waals surface area contributed by atoms with Crippen molar-refractivity contribution in [2.45, 2.75) is 0 Å². The van der Waals surface area contributed by atoms with Crippen LogP contribution in [0.4, 0.5) is 0 Å². The Morgan fingerprint density at radius 3 is 1.60 bits per heavy atom. The van der Waals surface area contributed by atoms with E-state index in [-0.39, 0.29) is 6.73 Å². The van der Waals surface area contributed by atoms with Crippen molar-refractivity contribution in [2.24, 2.45) is 0 Å². The van der Waals surface area contributed by atoms with Gasteiger partial charge in [-0.1, -0.05) is 30.3 Å². The van der Waals surface area contributed by atoms with Crippen LogP contribution in [0.5, 0.6) is 0 Å². The molecular formula is C10H18NO3P. The molecule has 4 nitrogen and oxygen atoms in total. The molecule has 0 aliphatic heterocycles. The maximum Gasteiger partial charge on any atom is 1.00 e. The number of rotatable bonds is 1. The molecule has 15 heavy (non-hydrogen) atoms. The van der Waals surface area contributed by atoms with Gasteiger partial charge in [-0.2, -0.15) is 0 Å². The van der Waals surface area contributed by atoms with Gasteiger partial charge in [-0.25, -0.2) is 0 Å². The van der Waals surface area contributed by atoms with E-state index in [0.717, 1.165) is 4.48 Å². The van der Waals surface area contributed by atoms with E-state index in [9.17, 15) is 14.4 Å². The lowest BCUT2D eigenvalue weighted by Crippen LogP contribution is -2.27. The van der Waals surface area contributed by atoms with Crippen LogP contribution in [0.2, 0.25) is 0 Å². The molecule has 5 heteroatoms. The maximum absolute atomic E-state index is 10.3. The molecule has 0 amide bonds. The molecule has 0 atom stereocenters. The van der Waals surface area contributed by atoms with Crippen molar-refractivity contribution in [1.82, 2.24) is 0 Å². The first kappa shape index (κ1) is 14.3. The fourth-order valence-electron chi connectivity index (χ4n) is 0.611. The van der Waals surface area contributed by atoms with E-state index in [1.165, 1.54) is 24.3 Å². The van der Waals surface area contributed by atoms with Crippen LogP contribution in [0.3, 0.4) is 0 Å². The standard InChI is InChI=1S/C6H7O3P.C4H12N/c7-10(8,9)6-4-2-1-3-5-6;1-5(2,3)4/h1-5H,(H2,7,8,9);1-4H3/q;+1/p-1. The van der Waals surface area contributed by atoms with Gasteiger partial charge < -0.3 is 18.8 Å². The summed E-state index contributed by atoms with van der Waals surface area (Å²) in [4.78, 5) is 20.6. The van der Waals surface area contributed by atoms with Crippen LogP contribution < -0.4 is 15.1 Å². The zero-order chi connectivity index (χ0) is 12.1. The maximum atomic E-state index is 10.3. The van der Waals surface area contributed by atoms with Crippen molar-refractivity contribution in [3.05, 3.63) is 30.3 Å². The Kier molecular flexibility index (Phi) is 5.18. The fraction of sp³-hybridized carbons (Fsp3) is 0.400. The van der Waals surface area contributed by atoms with Gasteiger partial charge in [0.15, 0.2) is 0 Å². The molecule has 0 heterocycles. The molecule has 0 aliphatic rings. The molecule has 0 unspecified atom stereocenters. The van der Waals surface area contributed by atoms with Gasteiger partial charge >= 0.3 is 1.43 Å². The van der Waals surface area contributed by atoms with E-state index in [1.807, 2.05) is 0 Å². The molecule has 0 spiro atoms. The second-order valence-electron chi connectivity index (χ2n) is 4.52. The Labute approximate surface area is 92.4 Å². The molecular weight excluding hydrogens is 213 g/mol. The van der Waals surface area contributed by atoms with Gasteiger partial charge in [-0.3, -0.25) is 0 Å². The number of hydrogen-bond acceptors (Lipinski definition) is 3. The second-order valence-corrected chi connectivity index (χ2v) is 6.03. The van der Waals surface area contributed by atoms with Crippen molar-refractivity contribution >= 4 is 12.9 Å². The lowest BCUT2D eigenvalue weighted by atomic mass is 10.4. The Balaban J connectivity index is 0. The molecule has 1 aromatic rings. The third-order valence-electron chi connectivity index (χ3n) is 1.07. The van der Waals surface area contributed by atoms with Crippen LogP contribution in [0.15, 0.2) is 30.3 Å². The van der Waals surface area contributed by atoms with Crippen LogP contribution >= 0.6 is 7.60 Å². The van der Waals surface area contributed by atoms with Crippen LogP contribution in [-0.2, 0) is 4.57 Å². The molecule has 0 aliphatic carbocycles. The molecule has 0 fully saturated rings. The zero-order valence-electron chi connectivity index (χ0n) is 10.5. The van der Waals surface area contributed by atoms with Crippen LogP contribution in [0.1, 0.15) is 1.43 Å². The van der Waals surface area contributed by atoms with E-state index in [4.69, 9.17) is 0 Å². The normalized spacial score (nSPS) is 11.6. The van der Waals surface area contributed by atoms with Gasteiger partial charge in [-0.05, 0) is 12.9 Å². The summed E-state index contributed by atoms with van der Waals surface area (Å²) in [6.07, 6.45) is 0. The summed E-state index contributed by atoms with van der Waals surface area (Å²) in [5, 5.41) is -0.157. The molecule has 1 rings (SSSR count). The van der Waals surface area contributed by atoms with Gasteiger partial charge in [-0.15, -0.1) is 0 Å². The van der Waals surface area contributed by atoms with E-state index >= 15 is 0 Å². The molecule has 0 bridgehead atoms. The van der Waals surface area contributed by atoms with Crippen LogP contribution in [0, 0.1) is 0 Å². The van der Waals surface area contributed by atoms with Gasteiger partial charge in [0, 0.05) is 0 Å². The quantitative estimate of drug-likeness (QED) is 0.490. The zero-order valence-corrected chi connectivity index (χ0v) is 10.4. The second kappa shape index (κ2) is 5.42. The van der Waals surface area contributed by atoms with Crippen molar-refractivity contribution in [3.63, 3.8) is 0 Å². The summed E-state index contributed by atoms with van der Waals surface area (Å²) in [6, 6.07) is 7.23. The Morgan fingerprint density at radius 2 is 1.40 bits per heavy atom. The van der Waals surface area contributed by atoms with Crippen molar-refractivity contribution < 1.29 is 20.3 Å². The monoisotopic (exact) mass is 231 g/mol. The third-order valence-corrected chi connectivity index (χ3v) is 2.00. The first-order chi connectivity index (χ1) is 6.61. The molecule has 86 valence electrons. The highest BCUT2D eigenvalue weighted by atomic mass is 31.2. The number of quaternary nitrogens is 1. The smallest absolute Gasteiger partial charge is 0.807 e. The number of benzene rings is 1. The summed E-state index contributed by atoms with van der Waals surface area (Å²) in [5.74, 6) is 0. The first-order valence-electron chi connectivity index (χ1n) is 4.47. The van der Waals surface area contributed by atoms with E-state index < -0.39 is 7.60 Å². The van der Waals surface area contributed by atoms with Crippen molar-refractivity contribution in [2.75, 3.05) is 28.2 Å². The predicted octanol–water partition coefficient (Wildman–Crippen LogP) is -0.339. The van der Waals surface area contributed by atoms with Crippen LogP contribution in [0.25, 0.3) is 0 Å². The van der Waals surface area contributed by atoms with E-state index in [1.54, 1.807) is 6.07 Å². The average molecular weight is 231 g/mol. The minimum atomic E-state index is -4.52. The molecule has 0 radical (unpaired) electrons. The molecule has 0 aromatic heterocycles. The molecule has 0 saturated carbocycles. The minimum Gasteiger partial charge on any atom is -0.807 e.